The minimum atomic E-state index is -0.422. The summed E-state index contributed by atoms with van der Waals surface area (Å²) in [4.78, 5) is 1.95. The number of aliphatic hydroxyl groups is 1. The van der Waals surface area contributed by atoms with E-state index in [-0.39, 0.29) is 12.4 Å². The maximum absolute atomic E-state index is 13.8. The van der Waals surface area contributed by atoms with Gasteiger partial charge in [-0.05, 0) is 38.9 Å². The first-order valence-corrected chi connectivity index (χ1v) is 6.91. The third-order valence-corrected chi connectivity index (χ3v) is 3.27. The number of nitrogens with zero attached hydrogens (tertiary/aromatic N) is 1. The fraction of sp³-hybridized carbons (Fsp3) is 0.600. The maximum Gasteiger partial charge on any atom is 0.146 e. The highest BCUT2D eigenvalue weighted by Gasteiger charge is 2.26. The first kappa shape index (κ1) is 15.9. The molecule has 0 fully saturated rings. The van der Waals surface area contributed by atoms with Crippen LogP contribution in [-0.4, -0.2) is 36.9 Å². The first-order chi connectivity index (χ1) is 9.06. The van der Waals surface area contributed by atoms with Gasteiger partial charge in [0.05, 0.1) is 17.8 Å². The van der Waals surface area contributed by atoms with Crippen LogP contribution in [0.4, 0.5) is 10.1 Å². The molecule has 3 nitrogen and oxygen atoms in total. The lowest BCUT2D eigenvalue weighted by atomic mass is 10.0. The van der Waals surface area contributed by atoms with Crippen LogP contribution >= 0.6 is 0 Å². The molecule has 0 aliphatic rings. The van der Waals surface area contributed by atoms with Crippen LogP contribution in [0.5, 0.6) is 0 Å². The SMILES string of the molecule is CCCNC(C)(CO)CN(CC)c1ccccc1F. The van der Waals surface area contributed by atoms with Crippen molar-refractivity contribution in [3.63, 3.8) is 0 Å². The minimum Gasteiger partial charge on any atom is -0.394 e. The average Bonchev–Trinajstić information content (AvgIpc) is 2.43. The van der Waals surface area contributed by atoms with Gasteiger partial charge in [0.15, 0.2) is 0 Å². The van der Waals surface area contributed by atoms with Gasteiger partial charge in [-0.1, -0.05) is 19.1 Å². The van der Waals surface area contributed by atoms with E-state index < -0.39 is 5.54 Å². The fourth-order valence-electron chi connectivity index (χ4n) is 2.09. The van der Waals surface area contributed by atoms with Crippen LogP contribution in [0.2, 0.25) is 0 Å². The van der Waals surface area contributed by atoms with E-state index in [9.17, 15) is 9.50 Å². The van der Waals surface area contributed by atoms with Crippen molar-refractivity contribution in [2.24, 2.45) is 0 Å². The number of hydrogen-bond donors (Lipinski definition) is 2. The molecule has 0 heterocycles. The van der Waals surface area contributed by atoms with Crippen molar-refractivity contribution >= 4 is 5.69 Å². The quantitative estimate of drug-likeness (QED) is 0.760. The minimum absolute atomic E-state index is 0.0257. The Labute approximate surface area is 115 Å². The summed E-state index contributed by atoms with van der Waals surface area (Å²) in [5.74, 6) is -0.222. The van der Waals surface area contributed by atoms with E-state index in [0.29, 0.717) is 18.8 Å². The maximum atomic E-state index is 13.8. The molecule has 0 saturated carbocycles. The number of para-hydroxylation sites is 1. The number of benzene rings is 1. The molecule has 108 valence electrons. The molecular weight excluding hydrogens is 243 g/mol. The summed E-state index contributed by atoms with van der Waals surface area (Å²) in [5.41, 5.74) is 0.164. The topological polar surface area (TPSA) is 35.5 Å². The summed E-state index contributed by atoms with van der Waals surface area (Å²) >= 11 is 0. The van der Waals surface area contributed by atoms with Crippen molar-refractivity contribution in [2.45, 2.75) is 32.7 Å². The number of hydrogen-bond acceptors (Lipinski definition) is 3. The Morgan fingerprint density at radius 1 is 1.32 bits per heavy atom. The van der Waals surface area contributed by atoms with Gasteiger partial charge in [0.1, 0.15) is 5.82 Å². The molecule has 19 heavy (non-hydrogen) atoms. The molecule has 0 aliphatic heterocycles. The molecule has 0 radical (unpaired) electrons. The van der Waals surface area contributed by atoms with E-state index in [4.69, 9.17) is 0 Å². The Kier molecular flexibility index (Phi) is 6.25. The Balaban J connectivity index is 2.83. The van der Waals surface area contributed by atoms with E-state index in [1.807, 2.05) is 24.8 Å². The zero-order chi connectivity index (χ0) is 14.3. The molecule has 0 aromatic heterocycles. The van der Waals surface area contributed by atoms with Crippen LogP contribution in [0.3, 0.4) is 0 Å². The summed E-state index contributed by atoms with van der Waals surface area (Å²) < 4.78 is 13.8. The highest BCUT2D eigenvalue weighted by molar-refractivity contribution is 5.48. The second-order valence-corrected chi connectivity index (χ2v) is 5.11. The van der Waals surface area contributed by atoms with Crippen molar-refractivity contribution in [3.05, 3.63) is 30.1 Å². The van der Waals surface area contributed by atoms with Crippen molar-refractivity contribution in [3.8, 4) is 0 Å². The molecule has 1 rings (SSSR count). The third-order valence-electron chi connectivity index (χ3n) is 3.27. The van der Waals surface area contributed by atoms with Crippen molar-refractivity contribution in [2.75, 3.05) is 31.1 Å². The van der Waals surface area contributed by atoms with E-state index in [1.54, 1.807) is 12.1 Å². The van der Waals surface area contributed by atoms with Gasteiger partial charge in [-0.25, -0.2) is 4.39 Å². The zero-order valence-electron chi connectivity index (χ0n) is 12.1. The fourth-order valence-corrected chi connectivity index (χ4v) is 2.09. The van der Waals surface area contributed by atoms with E-state index in [2.05, 4.69) is 12.2 Å². The molecule has 1 atom stereocenters. The standard InChI is InChI=1S/C15H25FN2O/c1-4-10-17-15(3,12-19)11-18(5-2)14-9-7-6-8-13(14)16/h6-9,17,19H,4-5,10-12H2,1-3H3. The average molecular weight is 268 g/mol. The molecule has 1 aromatic carbocycles. The van der Waals surface area contributed by atoms with Crippen LogP contribution < -0.4 is 10.2 Å². The van der Waals surface area contributed by atoms with Crippen molar-refractivity contribution in [1.29, 1.82) is 0 Å². The zero-order valence-corrected chi connectivity index (χ0v) is 12.1. The molecule has 0 saturated heterocycles. The van der Waals surface area contributed by atoms with Crippen LogP contribution in [0.25, 0.3) is 0 Å². The van der Waals surface area contributed by atoms with Crippen LogP contribution in [0, 0.1) is 5.82 Å². The highest BCUT2D eigenvalue weighted by atomic mass is 19.1. The molecule has 1 aromatic rings. The van der Waals surface area contributed by atoms with Gasteiger partial charge in [0, 0.05) is 13.1 Å². The number of rotatable bonds is 8. The van der Waals surface area contributed by atoms with E-state index in [1.165, 1.54) is 6.07 Å². The number of halogens is 1. The molecule has 0 amide bonds. The largest absolute Gasteiger partial charge is 0.394 e. The smallest absolute Gasteiger partial charge is 0.146 e. The Morgan fingerprint density at radius 3 is 2.53 bits per heavy atom. The second kappa shape index (κ2) is 7.46. The second-order valence-electron chi connectivity index (χ2n) is 5.11. The van der Waals surface area contributed by atoms with E-state index in [0.717, 1.165) is 13.0 Å². The van der Waals surface area contributed by atoms with Crippen molar-refractivity contribution < 1.29 is 9.50 Å². The number of aliphatic hydroxyl groups excluding tert-OH is 1. The normalized spacial score (nSPS) is 14.2. The summed E-state index contributed by atoms with van der Waals surface area (Å²) in [7, 11) is 0. The third kappa shape index (κ3) is 4.48. The van der Waals surface area contributed by atoms with Gasteiger partial charge in [0.2, 0.25) is 0 Å². The van der Waals surface area contributed by atoms with Gasteiger partial charge < -0.3 is 15.3 Å². The molecule has 2 N–H and O–H groups in total. The predicted molar refractivity (Wildman–Crippen MR) is 78.1 cm³/mol. The number of anilines is 1. The molecule has 0 spiro atoms. The molecule has 0 aliphatic carbocycles. The van der Waals surface area contributed by atoms with Gasteiger partial charge in [-0.15, -0.1) is 0 Å². The highest BCUT2D eigenvalue weighted by Crippen LogP contribution is 2.20. The monoisotopic (exact) mass is 268 g/mol. The van der Waals surface area contributed by atoms with Gasteiger partial charge >= 0.3 is 0 Å². The summed E-state index contributed by atoms with van der Waals surface area (Å²) in [6.45, 7) is 8.17. The first-order valence-electron chi connectivity index (χ1n) is 6.91. The summed E-state index contributed by atoms with van der Waals surface area (Å²) in [6, 6.07) is 6.76. The van der Waals surface area contributed by atoms with Gasteiger partial charge in [-0.3, -0.25) is 0 Å². The van der Waals surface area contributed by atoms with E-state index >= 15 is 0 Å². The Hall–Kier alpha value is -1.13. The number of nitrogens with one attached hydrogen (secondary N) is 1. The van der Waals surface area contributed by atoms with Crippen LogP contribution in [-0.2, 0) is 0 Å². The summed E-state index contributed by atoms with van der Waals surface area (Å²) in [5, 5.41) is 12.9. The predicted octanol–water partition coefficient (Wildman–Crippen LogP) is 2.40. The lowest BCUT2D eigenvalue weighted by Gasteiger charge is -2.36. The molecular formula is C15H25FN2O. The van der Waals surface area contributed by atoms with Gasteiger partial charge in [0.25, 0.3) is 0 Å². The summed E-state index contributed by atoms with van der Waals surface area (Å²) in [6.07, 6.45) is 1.00. The van der Waals surface area contributed by atoms with Crippen molar-refractivity contribution in [1.82, 2.24) is 5.32 Å². The number of likely N-dealkylation sites (N-methyl/N-ethyl adjacent to an activating group) is 1. The lowest BCUT2D eigenvalue weighted by molar-refractivity contribution is 0.178. The Morgan fingerprint density at radius 2 is 2.00 bits per heavy atom. The molecule has 4 heteroatoms. The lowest BCUT2D eigenvalue weighted by Crippen LogP contribution is -2.54. The van der Waals surface area contributed by atoms with Gasteiger partial charge in [-0.2, -0.15) is 0 Å². The Bertz CT molecular complexity index is 386. The van der Waals surface area contributed by atoms with Crippen LogP contribution in [0.1, 0.15) is 27.2 Å². The van der Waals surface area contributed by atoms with Crippen LogP contribution in [0.15, 0.2) is 24.3 Å². The molecule has 0 bridgehead atoms. The molecule has 1 unspecified atom stereocenters.